The molecule has 4 saturated carbocycles. The van der Waals surface area contributed by atoms with E-state index in [4.69, 9.17) is 0 Å². The van der Waals surface area contributed by atoms with Gasteiger partial charge in [0.05, 0.1) is 0 Å². The van der Waals surface area contributed by atoms with Crippen LogP contribution < -0.4 is 0 Å². The van der Waals surface area contributed by atoms with Gasteiger partial charge in [-0.1, -0.05) is 53.7 Å². The van der Waals surface area contributed by atoms with Crippen molar-refractivity contribution < 1.29 is 0 Å². The predicted octanol–water partition coefficient (Wildman–Crippen LogP) is 6.97. The summed E-state index contributed by atoms with van der Waals surface area (Å²) < 4.78 is 1.22. The van der Waals surface area contributed by atoms with Crippen LogP contribution in [0.1, 0.15) is 62.5 Å². The largest absolute Gasteiger partial charge is 0.0911 e. The smallest absolute Gasteiger partial charge is 0.0256 e. The van der Waals surface area contributed by atoms with Crippen molar-refractivity contribution in [2.24, 2.45) is 23.7 Å². The molecule has 0 amide bonds. The number of rotatable bonds is 4. The van der Waals surface area contributed by atoms with Gasteiger partial charge in [-0.05, 0) is 90.9 Å². The zero-order valence-corrected chi connectivity index (χ0v) is 15.7. The van der Waals surface area contributed by atoms with Gasteiger partial charge in [0, 0.05) is 4.47 Å². The van der Waals surface area contributed by atoms with Crippen molar-refractivity contribution in [1.29, 1.82) is 0 Å². The van der Waals surface area contributed by atoms with Crippen LogP contribution in [0, 0.1) is 23.7 Å². The Hall–Kier alpha value is -0.820. The van der Waals surface area contributed by atoms with Gasteiger partial charge in [0.25, 0.3) is 0 Å². The van der Waals surface area contributed by atoms with E-state index in [2.05, 4.69) is 59.8 Å². The van der Waals surface area contributed by atoms with E-state index in [1.807, 2.05) is 0 Å². The van der Waals surface area contributed by atoms with Crippen molar-refractivity contribution in [2.45, 2.75) is 51.4 Å². The standard InChI is InChI=1S/C22H27Br/c1-3-4-5-14(2)20-7-6-17(13-21(20)23)22-18-9-15-8-16(11-18)12-19(22)10-15/h4-7,13,15-16,18-19,22H,2-3,8-12H2,1H3/b5-4-. The Morgan fingerprint density at radius 3 is 2.35 bits per heavy atom. The Balaban J connectivity index is 1.59. The topological polar surface area (TPSA) is 0 Å². The third-order valence-corrected chi connectivity index (χ3v) is 7.16. The maximum absolute atomic E-state index is 4.22. The molecule has 0 unspecified atom stereocenters. The quantitative estimate of drug-likeness (QED) is 0.502. The molecule has 0 atom stereocenters. The second-order valence-electron chi connectivity index (χ2n) is 8.03. The third kappa shape index (κ3) is 2.86. The Kier molecular flexibility index (Phi) is 4.26. The van der Waals surface area contributed by atoms with Gasteiger partial charge in [0.1, 0.15) is 0 Å². The summed E-state index contributed by atoms with van der Waals surface area (Å²) in [7, 11) is 0. The summed E-state index contributed by atoms with van der Waals surface area (Å²) in [6, 6.07) is 7.07. The highest BCUT2D eigenvalue weighted by atomic mass is 79.9. The van der Waals surface area contributed by atoms with Gasteiger partial charge in [-0.2, -0.15) is 0 Å². The van der Waals surface area contributed by atoms with E-state index in [0.717, 1.165) is 41.6 Å². The SMILES string of the molecule is C=C(/C=C\CC)c1ccc(C2C3CC4CC(C3)CC2C4)cc1Br. The molecule has 0 nitrogen and oxygen atoms in total. The molecule has 4 bridgehead atoms. The minimum atomic E-state index is 0.813. The molecule has 5 rings (SSSR count). The van der Waals surface area contributed by atoms with Gasteiger partial charge < -0.3 is 0 Å². The van der Waals surface area contributed by atoms with Gasteiger partial charge in [-0.15, -0.1) is 0 Å². The van der Waals surface area contributed by atoms with Crippen LogP contribution in [-0.2, 0) is 0 Å². The Bertz CT molecular complexity index is 611. The van der Waals surface area contributed by atoms with Gasteiger partial charge >= 0.3 is 0 Å². The van der Waals surface area contributed by atoms with Gasteiger partial charge in [0.2, 0.25) is 0 Å². The molecule has 0 aromatic heterocycles. The van der Waals surface area contributed by atoms with E-state index < -0.39 is 0 Å². The molecule has 1 aromatic carbocycles. The Morgan fingerprint density at radius 2 is 1.78 bits per heavy atom. The highest BCUT2D eigenvalue weighted by Crippen LogP contribution is 2.59. The molecule has 0 N–H and O–H groups in total. The van der Waals surface area contributed by atoms with Gasteiger partial charge in [0.15, 0.2) is 0 Å². The van der Waals surface area contributed by atoms with E-state index in [0.29, 0.717) is 0 Å². The van der Waals surface area contributed by atoms with Crippen LogP contribution in [0.25, 0.3) is 5.57 Å². The highest BCUT2D eigenvalue weighted by Gasteiger charge is 2.48. The fourth-order valence-electron chi connectivity index (χ4n) is 5.82. The van der Waals surface area contributed by atoms with E-state index in [1.165, 1.54) is 42.1 Å². The zero-order chi connectivity index (χ0) is 16.0. The summed E-state index contributed by atoms with van der Waals surface area (Å²) in [5, 5.41) is 0. The summed E-state index contributed by atoms with van der Waals surface area (Å²) in [5.41, 5.74) is 3.92. The maximum atomic E-state index is 4.22. The first-order chi connectivity index (χ1) is 11.2. The molecule has 0 aliphatic heterocycles. The van der Waals surface area contributed by atoms with Crippen LogP contribution in [-0.4, -0.2) is 0 Å². The van der Waals surface area contributed by atoms with Crippen molar-refractivity contribution in [3.63, 3.8) is 0 Å². The minimum Gasteiger partial charge on any atom is -0.0911 e. The van der Waals surface area contributed by atoms with Crippen molar-refractivity contribution in [3.8, 4) is 0 Å². The first-order valence-corrected chi connectivity index (χ1v) is 10.1. The van der Waals surface area contributed by atoms with Crippen LogP contribution in [0.2, 0.25) is 0 Å². The third-order valence-electron chi connectivity index (χ3n) is 6.51. The van der Waals surface area contributed by atoms with Crippen LogP contribution in [0.15, 0.2) is 41.4 Å². The van der Waals surface area contributed by atoms with E-state index >= 15 is 0 Å². The zero-order valence-electron chi connectivity index (χ0n) is 14.1. The summed E-state index contributed by atoms with van der Waals surface area (Å²) in [5.74, 6) is 4.82. The summed E-state index contributed by atoms with van der Waals surface area (Å²) >= 11 is 3.81. The second kappa shape index (κ2) is 6.24. The molecular formula is C22H27Br. The lowest BCUT2D eigenvalue weighted by molar-refractivity contribution is -0.00279. The summed E-state index contributed by atoms with van der Waals surface area (Å²) in [6.07, 6.45) is 12.9. The molecule has 4 fully saturated rings. The van der Waals surface area contributed by atoms with Gasteiger partial charge in [-0.3, -0.25) is 0 Å². The fourth-order valence-corrected chi connectivity index (χ4v) is 6.47. The highest BCUT2D eigenvalue weighted by molar-refractivity contribution is 9.10. The van der Waals surface area contributed by atoms with Crippen molar-refractivity contribution in [3.05, 3.63) is 52.5 Å². The summed E-state index contributed by atoms with van der Waals surface area (Å²) in [4.78, 5) is 0. The Morgan fingerprint density at radius 1 is 1.13 bits per heavy atom. The first-order valence-electron chi connectivity index (χ1n) is 9.31. The molecule has 4 aliphatic carbocycles. The molecule has 23 heavy (non-hydrogen) atoms. The number of allylic oxidation sites excluding steroid dienone is 3. The number of hydrogen-bond acceptors (Lipinski definition) is 0. The summed E-state index contributed by atoms with van der Waals surface area (Å²) in [6.45, 7) is 6.38. The van der Waals surface area contributed by atoms with Crippen LogP contribution in [0.5, 0.6) is 0 Å². The molecule has 122 valence electrons. The van der Waals surface area contributed by atoms with Crippen LogP contribution in [0.3, 0.4) is 0 Å². The molecule has 0 saturated heterocycles. The van der Waals surface area contributed by atoms with Crippen molar-refractivity contribution in [1.82, 2.24) is 0 Å². The number of benzene rings is 1. The molecule has 1 aromatic rings. The average Bonchev–Trinajstić information content (AvgIpc) is 2.51. The fraction of sp³-hybridized carbons (Fsp3) is 0.545. The normalized spacial score (nSPS) is 35.1. The van der Waals surface area contributed by atoms with Crippen LogP contribution >= 0.6 is 15.9 Å². The van der Waals surface area contributed by atoms with Crippen molar-refractivity contribution in [2.75, 3.05) is 0 Å². The lowest BCUT2D eigenvalue weighted by Gasteiger charge is -2.54. The number of halogens is 1. The van der Waals surface area contributed by atoms with E-state index in [1.54, 1.807) is 5.56 Å². The minimum absolute atomic E-state index is 0.813. The molecule has 0 spiro atoms. The predicted molar refractivity (Wildman–Crippen MR) is 102 cm³/mol. The Labute approximate surface area is 149 Å². The van der Waals surface area contributed by atoms with E-state index in [-0.39, 0.29) is 0 Å². The second-order valence-corrected chi connectivity index (χ2v) is 8.89. The molecule has 0 heterocycles. The lowest BCUT2D eigenvalue weighted by atomic mass is 9.51. The molecule has 0 radical (unpaired) electrons. The first kappa shape index (κ1) is 15.7. The number of hydrogen-bond donors (Lipinski definition) is 0. The monoisotopic (exact) mass is 370 g/mol. The van der Waals surface area contributed by atoms with Crippen molar-refractivity contribution >= 4 is 21.5 Å². The lowest BCUT2D eigenvalue weighted by Crippen LogP contribution is -2.43. The average molecular weight is 371 g/mol. The molecule has 4 aliphatic rings. The van der Waals surface area contributed by atoms with Gasteiger partial charge in [-0.25, -0.2) is 0 Å². The van der Waals surface area contributed by atoms with E-state index in [9.17, 15) is 0 Å². The van der Waals surface area contributed by atoms with Crippen LogP contribution in [0.4, 0.5) is 0 Å². The molecular weight excluding hydrogens is 344 g/mol. The molecule has 1 heteroatoms. The maximum Gasteiger partial charge on any atom is 0.0256 e.